The second-order valence-corrected chi connectivity index (χ2v) is 5.31. The van der Waals surface area contributed by atoms with Gasteiger partial charge in [-0.2, -0.15) is 13.9 Å². The highest BCUT2D eigenvalue weighted by Crippen LogP contribution is 2.20. The summed E-state index contributed by atoms with van der Waals surface area (Å²) in [6.45, 7) is 1.08. The van der Waals surface area contributed by atoms with Crippen LogP contribution in [0.2, 0.25) is 0 Å². The van der Waals surface area contributed by atoms with E-state index < -0.39 is 12.7 Å². The van der Waals surface area contributed by atoms with Crippen LogP contribution in [0, 0.1) is 0 Å². The SMILES string of the molecule is CCN(Cc1cnn(C)c1)CC(O)c1ccc(OC(F)F)cc1. The Morgan fingerprint density at radius 2 is 2.00 bits per heavy atom. The number of hydrogen-bond donors (Lipinski definition) is 1. The van der Waals surface area contributed by atoms with Gasteiger partial charge >= 0.3 is 6.61 Å². The number of likely N-dealkylation sites (N-methyl/N-ethyl adjacent to an activating group) is 1. The van der Waals surface area contributed by atoms with Gasteiger partial charge in [-0.05, 0) is 24.2 Å². The van der Waals surface area contributed by atoms with E-state index in [2.05, 4.69) is 14.7 Å². The average molecular weight is 325 g/mol. The van der Waals surface area contributed by atoms with Crippen molar-refractivity contribution < 1.29 is 18.6 Å². The molecule has 126 valence electrons. The first-order valence-corrected chi connectivity index (χ1v) is 7.40. The first kappa shape index (κ1) is 17.4. The van der Waals surface area contributed by atoms with Crippen molar-refractivity contribution in [2.75, 3.05) is 13.1 Å². The van der Waals surface area contributed by atoms with Gasteiger partial charge in [-0.1, -0.05) is 19.1 Å². The van der Waals surface area contributed by atoms with Crippen molar-refractivity contribution in [1.29, 1.82) is 0 Å². The Hall–Kier alpha value is -1.99. The van der Waals surface area contributed by atoms with Crippen molar-refractivity contribution in [3.05, 3.63) is 47.8 Å². The van der Waals surface area contributed by atoms with Crippen LogP contribution in [0.1, 0.15) is 24.2 Å². The molecule has 1 aromatic carbocycles. The zero-order chi connectivity index (χ0) is 16.8. The maximum absolute atomic E-state index is 12.1. The number of aliphatic hydroxyl groups is 1. The molecule has 1 unspecified atom stereocenters. The molecule has 0 amide bonds. The monoisotopic (exact) mass is 325 g/mol. The van der Waals surface area contributed by atoms with Gasteiger partial charge in [0.2, 0.25) is 0 Å². The van der Waals surface area contributed by atoms with Gasteiger partial charge in [-0.15, -0.1) is 0 Å². The Bertz CT molecular complexity index is 602. The van der Waals surface area contributed by atoms with Gasteiger partial charge in [0.05, 0.1) is 12.3 Å². The standard InChI is InChI=1S/C16H21F2N3O2/c1-3-21(10-12-8-19-20(2)9-12)11-15(22)13-4-6-14(7-5-13)23-16(17)18/h4-9,15-16,22H,3,10-11H2,1-2H3. The van der Waals surface area contributed by atoms with Crippen molar-refractivity contribution in [2.45, 2.75) is 26.2 Å². The maximum atomic E-state index is 12.1. The molecular weight excluding hydrogens is 304 g/mol. The summed E-state index contributed by atoms with van der Waals surface area (Å²) < 4.78 is 30.3. The molecule has 0 radical (unpaired) electrons. The molecule has 2 aromatic rings. The highest BCUT2D eigenvalue weighted by molar-refractivity contribution is 5.28. The molecule has 0 aliphatic carbocycles. The molecule has 0 fully saturated rings. The predicted octanol–water partition coefficient (Wildman–Crippen LogP) is 2.58. The minimum Gasteiger partial charge on any atom is -0.435 e. The van der Waals surface area contributed by atoms with Crippen LogP contribution in [-0.4, -0.2) is 39.5 Å². The average Bonchev–Trinajstić information content (AvgIpc) is 2.91. The molecule has 0 spiro atoms. The van der Waals surface area contributed by atoms with E-state index in [1.165, 1.54) is 12.1 Å². The summed E-state index contributed by atoms with van der Waals surface area (Å²) in [5.74, 6) is 0.0821. The number of hydrogen-bond acceptors (Lipinski definition) is 4. The predicted molar refractivity (Wildman–Crippen MR) is 82.2 cm³/mol. The largest absolute Gasteiger partial charge is 0.435 e. The van der Waals surface area contributed by atoms with Crippen molar-refractivity contribution >= 4 is 0 Å². The topological polar surface area (TPSA) is 50.5 Å². The fourth-order valence-electron chi connectivity index (χ4n) is 2.34. The van der Waals surface area contributed by atoms with Crippen LogP contribution in [0.5, 0.6) is 5.75 Å². The third-order valence-corrected chi connectivity index (χ3v) is 3.53. The van der Waals surface area contributed by atoms with Crippen LogP contribution in [0.4, 0.5) is 8.78 Å². The fourth-order valence-corrected chi connectivity index (χ4v) is 2.34. The minimum atomic E-state index is -2.85. The van der Waals surface area contributed by atoms with Crippen LogP contribution < -0.4 is 4.74 Å². The second kappa shape index (κ2) is 8.03. The lowest BCUT2D eigenvalue weighted by Gasteiger charge is -2.23. The molecule has 0 aliphatic heterocycles. The number of rotatable bonds is 8. The molecule has 0 saturated heterocycles. The lowest BCUT2D eigenvalue weighted by Crippen LogP contribution is -2.28. The highest BCUT2D eigenvalue weighted by atomic mass is 19.3. The Labute approximate surface area is 134 Å². The zero-order valence-electron chi connectivity index (χ0n) is 13.2. The summed E-state index contributed by atoms with van der Waals surface area (Å²) in [5.41, 5.74) is 1.73. The van der Waals surface area contributed by atoms with Crippen LogP contribution in [0.15, 0.2) is 36.7 Å². The summed E-state index contributed by atoms with van der Waals surface area (Å²) in [6.07, 6.45) is 3.03. The molecular formula is C16H21F2N3O2. The third-order valence-electron chi connectivity index (χ3n) is 3.53. The molecule has 0 bridgehead atoms. The first-order chi connectivity index (χ1) is 11.0. The molecule has 0 aliphatic rings. The van der Waals surface area contributed by atoms with Gasteiger partial charge in [0.25, 0.3) is 0 Å². The Balaban J connectivity index is 1.94. The van der Waals surface area contributed by atoms with Gasteiger partial charge in [0.15, 0.2) is 0 Å². The van der Waals surface area contributed by atoms with E-state index in [1.807, 2.05) is 20.2 Å². The van der Waals surface area contributed by atoms with Gasteiger partial charge < -0.3 is 9.84 Å². The fraction of sp³-hybridized carbons (Fsp3) is 0.438. The number of nitrogens with zero attached hydrogens (tertiary/aromatic N) is 3. The zero-order valence-corrected chi connectivity index (χ0v) is 13.2. The van der Waals surface area contributed by atoms with Crippen molar-refractivity contribution in [2.24, 2.45) is 7.05 Å². The van der Waals surface area contributed by atoms with E-state index in [0.29, 0.717) is 18.7 Å². The van der Waals surface area contributed by atoms with Crippen molar-refractivity contribution in [3.63, 3.8) is 0 Å². The third kappa shape index (κ3) is 5.30. The van der Waals surface area contributed by atoms with Gasteiger partial charge in [-0.3, -0.25) is 9.58 Å². The van der Waals surface area contributed by atoms with E-state index in [0.717, 1.165) is 12.1 Å². The minimum absolute atomic E-state index is 0.0821. The second-order valence-electron chi connectivity index (χ2n) is 5.31. The number of alkyl halides is 2. The number of aliphatic hydroxyl groups excluding tert-OH is 1. The molecule has 7 heteroatoms. The number of aromatic nitrogens is 2. The number of ether oxygens (including phenoxy) is 1. The molecule has 0 saturated carbocycles. The molecule has 5 nitrogen and oxygen atoms in total. The van der Waals surface area contributed by atoms with E-state index in [4.69, 9.17) is 0 Å². The van der Waals surface area contributed by atoms with Crippen LogP contribution in [-0.2, 0) is 13.6 Å². The lowest BCUT2D eigenvalue weighted by molar-refractivity contribution is -0.0498. The normalized spacial score (nSPS) is 12.8. The summed E-state index contributed by atoms with van der Waals surface area (Å²) in [4.78, 5) is 2.09. The summed E-state index contributed by atoms with van der Waals surface area (Å²) in [5, 5.41) is 14.5. The van der Waals surface area contributed by atoms with Crippen LogP contribution in [0.25, 0.3) is 0 Å². The lowest BCUT2D eigenvalue weighted by atomic mass is 10.1. The summed E-state index contributed by atoms with van der Waals surface area (Å²) >= 11 is 0. The van der Waals surface area contributed by atoms with Crippen LogP contribution >= 0.6 is 0 Å². The highest BCUT2D eigenvalue weighted by Gasteiger charge is 2.14. The number of halogens is 2. The number of benzene rings is 1. The molecule has 1 heterocycles. The van der Waals surface area contributed by atoms with E-state index >= 15 is 0 Å². The Morgan fingerprint density at radius 3 is 2.52 bits per heavy atom. The molecule has 1 atom stereocenters. The number of aryl methyl sites for hydroxylation is 1. The van der Waals surface area contributed by atoms with E-state index in [-0.39, 0.29) is 5.75 Å². The molecule has 1 aromatic heterocycles. The van der Waals surface area contributed by atoms with E-state index in [1.54, 1.807) is 23.0 Å². The Morgan fingerprint density at radius 1 is 1.30 bits per heavy atom. The first-order valence-electron chi connectivity index (χ1n) is 7.40. The molecule has 1 N–H and O–H groups in total. The van der Waals surface area contributed by atoms with E-state index in [9.17, 15) is 13.9 Å². The summed E-state index contributed by atoms with van der Waals surface area (Å²) in [7, 11) is 1.86. The molecule has 2 rings (SSSR count). The quantitative estimate of drug-likeness (QED) is 0.810. The summed E-state index contributed by atoms with van der Waals surface area (Å²) in [6, 6.07) is 6.06. The smallest absolute Gasteiger partial charge is 0.387 e. The van der Waals surface area contributed by atoms with Gasteiger partial charge in [0, 0.05) is 31.9 Å². The van der Waals surface area contributed by atoms with Gasteiger partial charge in [0.1, 0.15) is 5.75 Å². The maximum Gasteiger partial charge on any atom is 0.387 e. The van der Waals surface area contributed by atoms with Crippen LogP contribution in [0.3, 0.4) is 0 Å². The Kier molecular flexibility index (Phi) is 6.06. The molecule has 23 heavy (non-hydrogen) atoms. The van der Waals surface area contributed by atoms with Gasteiger partial charge in [-0.25, -0.2) is 0 Å². The van der Waals surface area contributed by atoms with Crippen molar-refractivity contribution in [3.8, 4) is 5.75 Å². The van der Waals surface area contributed by atoms with Crippen molar-refractivity contribution in [1.82, 2.24) is 14.7 Å².